The second-order valence-corrected chi connectivity index (χ2v) is 1.77. The van der Waals surface area contributed by atoms with E-state index >= 15 is 0 Å². The summed E-state index contributed by atoms with van der Waals surface area (Å²) in [6.45, 7) is 8.08. The smallest absolute Gasteiger partial charge is 0.111 e. The standard InChI is InChI=1S/C7H10O2/c1-5(7(3)9)4-6(2)8/h4,8-9H,2-3H2,1H3/b5-4-. The second-order valence-electron chi connectivity index (χ2n) is 1.77. The fourth-order valence-electron chi connectivity index (χ4n) is 0.333. The summed E-state index contributed by atoms with van der Waals surface area (Å²) in [5.74, 6) is -0.132. The summed E-state index contributed by atoms with van der Waals surface area (Å²) < 4.78 is 0. The Balaban J connectivity index is 4.17. The average Bonchev–Trinajstić information content (AvgIpc) is 1.63. The van der Waals surface area contributed by atoms with Crippen molar-refractivity contribution in [3.8, 4) is 0 Å². The van der Waals surface area contributed by atoms with Gasteiger partial charge in [-0.05, 0) is 18.6 Å². The zero-order chi connectivity index (χ0) is 7.44. The SMILES string of the molecule is C=C(O)/C=C(/C)C(=C)O. The van der Waals surface area contributed by atoms with Gasteiger partial charge in [-0.3, -0.25) is 0 Å². The highest BCUT2D eigenvalue weighted by atomic mass is 16.3. The van der Waals surface area contributed by atoms with Gasteiger partial charge in [-0.2, -0.15) is 0 Å². The molecule has 2 N–H and O–H groups in total. The van der Waals surface area contributed by atoms with Gasteiger partial charge in [0, 0.05) is 0 Å². The predicted octanol–water partition coefficient (Wildman–Crippen LogP) is 2.08. The van der Waals surface area contributed by atoms with Crippen molar-refractivity contribution < 1.29 is 10.2 Å². The topological polar surface area (TPSA) is 40.5 Å². The van der Waals surface area contributed by atoms with E-state index in [1.807, 2.05) is 0 Å². The minimum atomic E-state index is -0.0808. The molecule has 0 aliphatic heterocycles. The molecular formula is C7H10O2. The van der Waals surface area contributed by atoms with Crippen molar-refractivity contribution in [2.75, 3.05) is 0 Å². The van der Waals surface area contributed by atoms with Crippen LogP contribution in [0.4, 0.5) is 0 Å². The third kappa shape index (κ3) is 3.41. The van der Waals surface area contributed by atoms with Crippen LogP contribution in [-0.2, 0) is 0 Å². The van der Waals surface area contributed by atoms with Crippen molar-refractivity contribution in [2.24, 2.45) is 0 Å². The summed E-state index contributed by atoms with van der Waals surface area (Å²) in [6.07, 6.45) is 1.34. The van der Waals surface area contributed by atoms with Crippen molar-refractivity contribution in [1.29, 1.82) is 0 Å². The molecule has 0 atom stereocenters. The lowest BCUT2D eigenvalue weighted by Gasteiger charge is -1.94. The zero-order valence-corrected chi connectivity index (χ0v) is 5.39. The summed E-state index contributed by atoms with van der Waals surface area (Å²) >= 11 is 0. The molecule has 0 radical (unpaired) electrons. The Hall–Kier alpha value is -1.18. The molecule has 0 unspecified atom stereocenters. The molecule has 0 fully saturated rings. The van der Waals surface area contributed by atoms with E-state index in [4.69, 9.17) is 10.2 Å². The van der Waals surface area contributed by atoms with Crippen LogP contribution in [0.3, 0.4) is 0 Å². The van der Waals surface area contributed by atoms with Crippen molar-refractivity contribution in [1.82, 2.24) is 0 Å². The molecule has 0 bridgehead atoms. The van der Waals surface area contributed by atoms with Crippen LogP contribution in [0.1, 0.15) is 6.92 Å². The quantitative estimate of drug-likeness (QED) is 0.439. The molecule has 0 aliphatic rings. The first-order chi connectivity index (χ1) is 4.04. The number of rotatable bonds is 2. The van der Waals surface area contributed by atoms with E-state index in [0.29, 0.717) is 5.57 Å². The van der Waals surface area contributed by atoms with Crippen molar-refractivity contribution in [3.63, 3.8) is 0 Å². The van der Waals surface area contributed by atoms with E-state index in [1.54, 1.807) is 6.92 Å². The van der Waals surface area contributed by atoms with Crippen molar-refractivity contribution >= 4 is 0 Å². The van der Waals surface area contributed by atoms with Gasteiger partial charge >= 0.3 is 0 Å². The first kappa shape index (κ1) is 7.82. The second kappa shape index (κ2) is 2.97. The van der Waals surface area contributed by atoms with Gasteiger partial charge < -0.3 is 10.2 Å². The first-order valence-corrected chi connectivity index (χ1v) is 2.48. The molecule has 0 saturated carbocycles. The van der Waals surface area contributed by atoms with Gasteiger partial charge in [0.25, 0.3) is 0 Å². The van der Waals surface area contributed by atoms with Crippen LogP contribution < -0.4 is 0 Å². The molecule has 0 amide bonds. The molecule has 9 heavy (non-hydrogen) atoms. The molecule has 2 nitrogen and oxygen atoms in total. The van der Waals surface area contributed by atoms with Crippen LogP contribution in [0.2, 0.25) is 0 Å². The van der Waals surface area contributed by atoms with Crippen LogP contribution in [0.5, 0.6) is 0 Å². The number of allylic oxidation sites excluding steroid dienone is 2. The van der Waals surface area contributed by atoms with Gasteiger partial charge in [-0.25, -0.2) is 0 Å². The van der Waals surface area contributed by atoms with Crippen LogP contribution >= 0.6 is 0 Å². The van der Waals surface area contributed by atoms with E-state index in [1.165, 1.54) is 6.08 Å². The summed E-state index contributed by atoms with van der Waals surface area (Å²) in [4.78, 5) is 0. The molecule has 0 saturated heterocycles. The minimum Gasteiger partial charge on any atom is -0.509 e. The molecule has 0 aliphatic carbocycles. The number of aliphatic hydroxyl groups is 2. The van der Waals surface area contributed by atoms with Gasteiger partial charge in [-0.1, -0.05) is 13.2 Å². The van der Waals surface area contributed by atoms with Crippen LogP contribution in [0, 0.1) is 0 Å². The fourth-order valence-corrected chi connectivity index (χ4v) is 0.333. The molecule has 50 valence electrons. The Morgan fingerprint density at radius 2 is 1.78 bits per heavy atom. The molecule has 0 aromatic rings. The van der Waals surface area contributed by atoms with Gasteiger partial charge in [0.2, 0.25) is 0 Å². The highest BCUT2D eigenvalue weighted by Crippen LogP contribution is 2.03. The van der Waals surface area contributed by atoms with Gasteiger partial charge in [-0.15, -0.1) is 0 Å². The zero-order valence-electron chi connectivity index (χ0n) is 5.39. The summed E-state index contributed by atoms with van der Waals surface area (Å²) in [6, 6.07) is 0. The highest BCUT2D eigenvalue weighted by Gasteiger charge is 1.90. The molecule has 2 heteroatoms. The lowest BCUT2D eigenvalue weighted by Crippen LogP contribution is -1.81. The molecule has 0 spiro atoms. The van der Waals surface area contributed by atoms with Crippen LogP contribution in [-0.4, -0.2) is 10.2 Å². The normalized spacial score (nSPS) is 11.0. The first-order valence-electron chi connectivity index (χ1n) is 2.48. The fraction of sp³-hybridized carbons (Fsp3) is 0.143. The highest BCUT2D eigenvalue weighted by molar-refractivity contribution is 5.25. The summed E-state index contributed by atoms with van der Waals surface area (Å²) in [5, 5.41) is 17.2. The van der Waals surface area contributed by atoms with Crippen LogP contribution in [0.15, 0.2) is 36.3 Å². The third-order valence-electron chi connectivity index (χ3n) is 0.838. The van der Waals surface area contributed by atoms with Gasteiger partial charge in [0.1, 0.15) is 11.5 Å². The van der Waals surface area contributed by atoms with E-state index in [-0.39, 0.29) is 11.5 Å². The molecule has 0 rings (SSSR count). The maximum absolute atomic E-state index is 8.65. The third-order valence-corrected chi connectivity index (χ3v) is 0.838. The van der Waals surface area contributed by atoms with Crippen molar-refractivity contribution in [2.45, 2.75) is 6.92 Å². The van der Waals surface area contributed by atoms with E-state index in [2.05, 4.69) is 13.2 Å². The van der Waals surface area contributed by atoms with Gasteiger partial charge in [0.05, 0.1) is 0 Å². The average molecular weight is 126 g/mol. The van der Waals surface area contributed by atoms with E-state index < -0.39 is 0 Å². The predicted molar refractivity (Wildman–Crippen MR) is 37.3 cm³/mol. The maximum Gasteiger partial charge on any atom is 0.111 e. The molecular weight excluding hydrogens is 116 g/mol. The lowest BCUT2D eigenvalue weighted by molar-refractivity contribution is 0.417. The Labute approximate surface area is 54.4 Å². The lowest BCUT2D eigenvalue weighted by atomic mass is 10.2. The number of hydrogen-bond donors (Lipinski definition) is 2. The minimum absolute atomic E-state index is 0.0507. The molecule has 0 aromatic carbocycles. The number of aliphatic hydroxyl groups excluding tert-OH is 2. The van der Waals surface area contributed by atoms with E-state index in [9.17, 15) is 0 Å². The molecule has 0 heterocycles. The Morgan fingerprint density at radius 3 is 1.89 bits per heavy atom. The van der Waals surface area contributed by atoms with Crippen molar-refractivity contribution in [3.05, 3.63) is 36.3 Å². The Morgan fingerprint density at radius 1 is 1.33 bits per heavy atom. The largest absolute Gasteiger partial charge is 0.509 e. The maximum atomic E-state index is 8.65. The number of hydrogen-bond acceptors (Lipinski definition) is 2. The van der Waals surface area contributed by atoms with Gasteiger partial charge in [0.15, 0.2) is 0 Å². The van der Waals surface area contributed by atoms with Crippen LogP contribution in [0.25, 0.3) is 0 Å². The summed E-state index contributed by atoms with van der Waals surface area (Å²) in [7, 11) is 0. The Kier molecular flexibility index (Phi) is 2.58. The Bertz CT molecular complexity index is 166. The van der Waals surface area contributed by atoms with E-state index in [0.717, 1.165) is 0 Å². The monoisotopic (exact) mass is 126 g/mol. The summed E-state index contributed by atoms with van der Waals surface area (Å²) in [5.41, 5.74) is 0.516. The molecule has 0 aromatic heterocycles.